The van der Waals surface area contributed by atoms with Gasteiger partial charge in [-0.3, -0.25) is 14.3 Å². The lowest BCUT2D eigenvalue weighted by atomic mass is 10.1. The van der Waals surface area contributed by atoms with Gasteiger partial charge in [0.05, 0.1) is 5.56 Å². The maximum Gasteiger partial charge on any atom is 0.416 e. The van der Waals surface area contributed by atoms with Gasteiger partial charge in [-0.05, 0) is 25.0 Å². The zero-order valence-corrected chi connectivity index (χ0v) is 15.6. The summed E-state index contributed by atoms with van der Waals surface area (Å²) in [5.41, 5.74) is -0.880. The van der Waals surface area contributed by atoms with Gasteiger partial charge in [0.25, 0.3) is 5.56 Å². The minimum absolute atomic E-state index is 0.255. The van der Waals surface area contributed by atoms with Crippen molar-refractivity contribution in [2.45, 2.75) is 52.4 Å². The maximum absolute atomic E-state index is 12.9. The van der Waals surface area contributed by atoms with Crippen LogP contribution in [0.25, 0.3) is 22.6 Å². The SMILES string of the molecule is CCCCn1c(=O)[nH]c(=O)c2c1nc(-c1ccc(C(F)(F)F)cc1)n2CCC. The molecule has 0 aliphatic rings. The van der Waals surface area contributed by atoms with E-state index in [2.05, 4.69) is 9.97 Å². The summed E-state index contributed by atoms with van der Waals surface area (Å²) >= 11 is 0. The summed E-state index contributed by atoms with van der Waals surface area (Å²) in [7, 11) is 0. The molecule has 0 unspecified atom stereocenters. The van der Waals surface area contributed by atoms with Crippen molar-refractivity contribution in [1.29, 1.82) is 0 Å². The van der Waals surface area contributed by atoms with Crippen LogP contribution in [0.2, 0.25) is 0 Å². The van der Waals surface area contributed by atoms with Crippen LogP contribution < -0.4 is 11.2 Å². The summed E-state index contributed by atoms with van der Waals surface area (Å²) in [5, 5.41) is 0. The third-order valence-electron chi connectivity index (χ3n) is 4.54. The molecule has 0 bridgehead atoms. The lowest BCUT2D eigenvalue weighted by molar-refractivity contribution is -0.137. The van der Waals surface area contributed by atoms with Crippen LogP contribution in [-0.2, 0) is 19.3 Å². The summed E-state index contributed by atoms with van der Waals surface area (Å²) in [4.78, 5) is 31.6. The zero-order valence-electron chi connectivity index (χ0n) is 15.6. The van der Waals surface area contributed by atoms with E-state index in [-0.39, 0.29) is 11.2 Å². The molecule has 0 saturated carbocycles. The zero-order chi connectivity index (χ0) is 20.5. The maximum atomic E-state index is 12.9. The number of halogens is 3. The second-order valence-corrected chi connectivity index (χ2v) is 6.60. The van der Waals surface area contributed by atoms with Crippen LogP contribution in [0.1, 0.15) is 38.7 Å². The van der Waals surface area contributed by atoms with E-state index in [1.165, 1.54) is 16.7 Å². The number of nitrogens with one attached hydrogen (secondary N) is 1. The fourth-order valence-electron chi connectivity index (χ4n) is 3.17. The van der Waals surface area contributed by atoms with Gasteiger partial charge in [-0.15, -0.1) is 0 Å². The summed E-state index contributed by atoms with van der Waals surface area (Å²) in [6, 6.07) is 4.64. The molecule has 0 saturated heterocycles. The highest BCUT2D eigenvalue weighted by Gasteiger charge is 2.30. The number of fused-ring (bicyclic) bond motifs is 1. The highest BCUT2D eigenvalue weighted by molar-refractivity contribution is 5.77. The number of hydrogen-bond donors (Lipinski definition) is 1. The molecule has 6 nitrogen and oxygen atoms in total. The van der Waals surface area contributed by atoms with Gasteiger partial charge in [-0.25, -0.2) is 9.78 Å². The van der Waals surface area contributed by atoms with Crippen LogP contribution in [0, 0.1) is 0 Å². The molecule has 0 aliphatic heterocycles. The molecule has 28 heavy (non-hydrogen) atoms. The molecule has 2 heterocycles. The number of aryl methyl sites for hydroxylation is 2. The molecule has 1 aromatic carbocycles. The first kappa shape index (κ1) is 19.9. The lowest BCUT2D eigenvalue weighted by Crippen LogP contribution is -2.31. The van der Waals surface area contributed by atoms with Crippen molar-refractivity contribution in [3.05, 3.63) is 50.7 Å². The smallest absolute Gasteiger partial charge is 0.318 e. The highest BCUT2D eigenvalue weighted by Crippen LogP contribution is 2.31. The van der Waals surface area contributed by atoms with Crippen molar-refractivity contribution < 1.29 is 13.2 Å². The van der Waals surface area contributed by atoms with Crippen LogP contribution in [0.5, 0.6) is 0 Å². The van der Waals surface area contributed by atoms with Crippen molar-refractivity contribution >= 4 is 11.2 Å². The number of rotatable bonds is 6. The lowest BCUT2D eigenvalue weighted by Gasteiger charge is -2.09. The minimum atomic E-state index is -4.43. The highest BCUT2D eigenvalue weighted by atomic mass is 19.4. The van der Waals surface area contributed by atoms with Gasteiger partial charge in [0.2, 0.25) is 0 Å². The molecule has 0 spiro atoms. The molecule has 2 aromatic heterocycles. The minimum Gasteiger partial charge on any atom is -0.318 e. The monoisotopic (exact) mass is 394 g/mol. The number of imidazole rings is 1. The Labute approximate surface area is 158 Å². The summed E-state index contributed by atoms with van der Waals surface area (Å²) in [6.45, 7) is 4.75. The Morgan fingerprint density at radius 2 is 1.68 bits per heavy atom. The van der Waals surface area contributed by atoms with Gasteiger partial charge < -0.3 is 4.57 Å². The van der Waals surface area contributed by atoms with Gasteiger partial charge in [0, 0.05) is 18.7 Å². The van der Waals surface area contributed by atoms with E-state index in [1.807, 2.05) is 13.8 Å². The van der Waals surface area contributed by atoms with Gasteiger partial charge in [0.15, 0.2) is 11.2 Å². The average Bonchev–Trinajstić information content (AvgIpc) is 3.01. The molecule has 0 radical (unpaired) electrons. The van der Waals surface area contributed by atoms with E-state index >= 15 is 0 Å². The molecular weight excluding hydrogens is 373 g/mol. The number of hydrogen-bond acceptors (Lipinski definition) is 3. The number of aromatic nitrogens is 4. The Morgan fingerprint density at radius 1 is 1.00 bits per heavy atom. The molecular formula is C19H21F3N4O2. The molecule has 3 aromatic rings. The number of aromatic amines is 1. The van der Waals surface area contributed by atoms with Crippen molar-refractivity contribution in [3.63, 3.8) is 0 Å². The van der Waals surface area contributed by atoms with Crippen LogP contribution in [0.4, 0.5) is 13.2 Å². The molecule has 1 N–H and O–H groups in total. The second-order valence-electron chi connectivity index (χ2n) is 6.60. The topological polar surface area (TPSA) is 72.7 Å². The molecule has 0 atom stereocenters. The van der Waals surface area contributed by atoms with Crippen LogP contribution >= 0.6 is 0 Å². The summed E-state index contributed by atoms with van der Waals surface area (Å²) < 4.78 is 41.6. The van der Waals surface area contributed by atoms with E-state index in [0.29, 0.717) is 30.9 Å². The second kappa shape index (κ2) is 7.65. The first-order chi connectivity index (χ1) is 13.3. The van der Waals surface area contributed by atoms with Crippen molar-refractivity contribution in [2.24, 2.45) is 0 Å². The standard InChI is InChI=1S/C19H21F3N4O2/c1-3-5-11-26-16-14(17(27)24-18(26)28)25(10-4-2)15(23-16)12-6-8-13(9-7-12)19(20,21)22/h6-9H,3-5,10-11H2,1-2H3,(H,24,27,28). The molecule has 0 amide bonds. The number of H-pyrrole nitrogens is 1. The Balaban J connectivity index is 2.25. The van der Waals surface area contributed by atoms with Gasteiger partial charge in [0.1, 0.15) is 5.82 Å². The molecule has 150 valence electrons. The van der Waals surface area contributed by atoms with Crippen molar-refractivity contribution in [3.8, 4) is 11.4 Å². The van der Waals surface area contributed by atoms with E-state index in [1.54, 1.807) is 4.57 Å². The number of alkyl halides is 3. The van der Waals surface area contributed by atoms with E-state index in [4.69, 9.17) is 0 Å². The summed E-state index contributed by atoms with van der Waals surface area (Å²) in [5.74, 6) is 0.368. The fourth-order valence-corrected chi connectivity index (χ4v) is 3.17. The summed E-state index contributed by atoms with van der Waals surface area (Å²) in [6.07, 6.45) is -2.15. The largest absolute Gasteiger partial charge is 0.416 e. The van der Waals surface area contributed by atoms with E-state index < -0.39 is 23.0 Å². The van der Waals surface area contributed by atoms with Gasteiger partial charge >= 0.3 is 11.9 Å². The predicted molar refractivity (Wildman–Crippen MR) is 100 cm³/mol. The van der Waals surface area contributed by atoms with E-state index in [0.717, 1.165) is 25.0 Å². The Hall–Kier alpha value is -2.84. The van der Waals surface area contributed by atoms with Gasteiger partial charge in [-0.1, -0.05) is 32.4 Å². The number of unbranched alkanes of at least 4 members (excludes halogenated alkanes) is 1. The van der Waals surface area contributed by atoms with Crippen LogP contribution in [-0.4, -0.2) is 19.1 Å². The Kier molecular flexibility index (Phi) is 5.44. The van der Waals surface area contributed by atoms with Crippen LogP contribution in [0.3, 0.4) is 0 Å². The normalized spacial score (nSPS) is 12.0. The van der Waals surface area contributed by atoms with Crippen LogP contribution in [0.15, 0.2) is 33.9 Å². The molecule has 0 fully saturated rings. The average molecular weight is 394 g/mol. The quantitative estimate of drug-likeness (QED) is 0.692. The molecule has 0 aliphatic carbocycles. The fraction of sp³-hybridized carbons (Fsp3) is 0.421. The van der Waals surface area contributed by atoms with Gasteiger partial charge in [-0.2, -0.15) is 13.2 Å². The predicted octanol–water partition coefficient (Wildman–Crippen LogP) is 3.78. The molecule has 9 heteroatoms. The number of benzene rings is 1. The van der Waals surface area contributed by atoms with E-state index in [9.17, 15) is 22.8 Å². The molecule has 3 rings (SSSR count). The van der Waals surface area contributed by atoms with Crippen molar-refractivity contribution in [1.82, 2.24) is 19.1 Å². The Bertz CT molecular complexity index is 1090. The van der Waals surface area contributed by atoms with Crippen molar-refractivity contribution in [2.75, 3.05) is 0 Å². The number of nitrogens with zero attached hydrogens (tertiary/aromatic N) is 3. The third kappa shape index (κ3) is 3.61. The third-order valence-corrected chi connectivity index (χ3v) is 4.54. The Morgan fingerprint density at radius 3 is 2.25 bits per heavy atom. The first-order valence-electron chi connectivity index (χ1n) is 9.18. The first-order valence-corrected chi connectivity index (χ1v) is 9.18.